The number of unbranched alkanes of at least 4 members (excludes halogenated alkanes) is 13. The van der Waals surface area contributed by atoms with E-state index in [1.165, 1.54) is 77.0 Å². The number of carbonyl (C=O) groups excluding carboxylic acids is 1. The first-order valence-electron chi connectivity index (χ1n) is 14.7. The summed E-state index contributed by atoms with van der Waals surface area (Å²) in [5.41, 5.74) is 1.62. The number of phenols is 1. The second-order valence-electron chi connectivity index (χ2n) is 12.2. The van der Waals surface area contributed by atoms with Crippen LogP contribution >= 0.6 is 0 Å². The third kappa shape index (κ3) is 14.3. The van der Waals surface area contributed by atoms with Crippen molar-refractivity contribution in [3.8, 4) is 5.75 Å². The lowest BCUT2D eigenvalue weighted by Crippen LogP contribution is -2.19. The Morgan fingerprint density at radius 2 is 1.03 bits per heavy atom. The van der Waals surface area contributed by atoms with E-state index in [1.807, 2.05) is 0 Å². The standard InChI is InChI=1S/C31H54O3.C2H5/c1-8-9-10-11-12-13-14-15-16-17-18-19-20-21-22-34-29(33)25-23-26(30(2,3)4)28(32)27(24-25)31(5,6)7;1-2/h23-24,32H,8-22H2,1-7H3;1H2,2H3. The van der Waals surface area contributed by atoms with Gasteiger partial charge in [-0.1, -0.05) is 146 Å². The Labute approximate surface area is 224 Å². The Morgan fingerprint density at radius 1 is 0.694 bits per heavy atom. The molecule has 0 fully saturated rings. The summed E-state index contributed by atoms with van der Waals surface area (Å²) in [6, 6.07) is 3.61. The van der Waals surface area contributed by atoms with E-state index in [0.29, 0.717) is 17.9 Å². The highest BCUT2D eigenvalue weighted by molar-refractivity contribution is 5.90. The lowest BCUT2D eigenvalue weighted by Gasteiger charge is -2.28. The molecule has 3 nitrogen and oxygen atoms in total. The van der Waals surface area contributed by atoms with Gasteiger partial charge in [0.15, 0.2) is 0 Å². The van der Waals surface area contributed by atoms with Crippen molar-refractivity contribution in [3.63, 3.8) is 0 Å². The average Bonchev–Trinajstić information content (AvgIpc) is 2.81. The second kappa shape index (κ2) is 18.7. The molecule has 0 atom stereocenters. The predicted molar refractivity (Wildman–Crippen MR) is 157 cm³/mol. The fraction of sp³-hybridized carbons (Fsp3) is 0.758. The van der Waals surface area contributed by atoms with Crippen LogP contribution < -0.4 is 0 Å². The summed E-state index contributed by atoms with van der Waals surface area (Å²) >= 11 is 0. The fourth-order valence-corrected chi connectivity index (χ4v) is 4.44. The number of hydrogen-bond donors (Lipinski definition) is 1. The summed E-state index contributed by atoms with van der Waals surface area (Å²) in [7, 11) is 0. The number of esters is 1. The molecule has 0 amide bonds. The van der Waals surface area contributed by atoms with Crippen LogP contribution in [-0.2, 0) is 15.6 Å². The number of rotatable bonds is 16. The number of hydrogen-bond acceptors (Lipinski definition) is 3. The number of carbonyl (C=O) groups is 1. The van der Waals surface area contributed by atoms with Crippen molar-refractivity contribution in [1.29, 1.82) is 0 Å². The molecular weight excluding hydrogens is 444 g/mol. The molecular formula is C33H59O3. The lowest BCUT2D eigenvalue weighted by atomic mass is 9.78. The van der Waals surface area contributed by atoms with Crippen molar-refractivity contribution >= 4 is 5.97 Å². The van der Waals surface area contributed by atoms with E-state index < -0.39 is 0 Å². The third-order valence-electron chi connectivity index (χ3n) is 6.69. The van der Waals surface area contributed by atoms with E-state index in [-0.39, 0.29) is 16.8 Å². The summed E-state index contributed by atoms with van der Waals surface area (Å²) in [6.45, 7) is 20.1. The van der Waals surface area contributed by atoms with Gasteiger partial charge in [0.1, 0.15) is 5.75 Å². The van der Waals surface area contributed by atoms with Gasteiger partial charge >= 0.3 is 5.97 Å². The van der Waals surface area contributed by atoms with Gasteiger partial charge in [0, 0.05) is 11.1 Å². The highest BCUT2D eigenvalue weighted by Crippen LogP contribution is 2.39. The van der Waals surface area contributed by atoms with Gasteiger partial charge in [0.05, 0.1) is 12.2 Å². The van der Waals surface area contributed by atoms with Gasteiger partial charge in [-0.05, 0) is 29.4 Å². The number of phenolic OH excluding ortho intramolecular Hbond substituents is 1. The zero-order valence-corrected chi connectivity index (χ0v) is 25.2. The minimum absolute atomic E-state index is 0.255. The molecule has 0 bridgehead atoms. The van der Waals surface area contributed by atoms with Gasteiger partial charge in [-0.2, -0.15) is 0 Å². The Kier molecular flexibility index (Phi) is 17.9. The third-order valence-corrected chi connectivity index (χ3v) is 6.69. The molecule has 0 heterocycles. The molecule has 0 unspecified atom stereocenters. The lowest BCUT2D eigenvalue weighted by molar-refractivity contribution is 0.0497. The van der Waals surface area contributed by atoms with Gasteiger partial charge < -0.3 is 9.84 Å². The summed E-state index contributed by atoms with van der Waals surface area (Å²) < 4.78 is 5.59. The van der Waals surface area contributed by atoms with Crippen LogP contribution in [0.3, 0.4) is 0 Å². The molecule has 1 aromatic carbocycles. The Morgan fingerprint density at radius 3 is 1.36 bits per heavy atom. The van der Waals surface area contributed by atoms with Gasteiger partial charge in [0.2, 0.25) is 0 Å². The van der Waals surface area contributed by atoms with E-state index in [0.717, 1.165) is 24.0 Å². The Hall–Kier alpha value is -1.51. The molecule has 0 saturated heterocycles. The average molecular weight is 504 g/mol. The number of aromatic hydroxyl groups is 1. The van der Waals surface area contributed by atoms with Crippen molar-refractivity contribution < 1.29 is 14.6 Å². The van der Waals surface area contributed by atoms with Crippen LogP contribution in [0, 0.1) is 6.92 Å². The number of benzene rings is 1. The van der Waals surface area contributed by atoms with Gasteiger partial charge in [0.25, 0.3) is 0 Å². The van der Waals surface area contributed by atoms with E-state index in [1.54, 1.807) is 19.1 Å². The molecule has 1 rings (SSSR count). The normalized spacial score (nSPS) is 11.7. The van der Waals surface area contributed by atoms with Crippen LogP contribution in [0.1, 0.15) is 167 Å². The maximum Gasteiger partial charge on any atom is 0.338 e. The van der Waals surface area contributed by atoms with E-state index >= 15 is 0 Å². The van der Waals surface area contributed by atoms with Crippen molar-refractivity contribution in [1.82, 2.24) is 0 Å². The van der Waals surface area contributed by atoms with Crippen LogP contribution in [0.5, 0.6) is 5.75 Å². The van der Waals surface area contributed by atoms with Gasteiger partial charge in [-0.3, -0.25) is 0 Å². The highest BCUT2D eigenvalue weighted by Gasteiger charge is 2.28. The molecule has 0 aliphatic heterocycles. The molecule has 209 valence electrons. The molecule has 1 N–H and O–H groups in total. The van der Waals surface area contributed by atoms with Gasteiger partial charge in [-0.15, -0.1) is 0 Å². The minimum atomic E-state index is -0.286. The van der Waals surface area contributed by atoms with Crippen molar-refractivity contribution in [3.05, 3.63) is 35.7 Å². The van der Waals surface area contributed by atoms with E-state index in [2.05, 4.69) is 55.4 Å². The first kappa shape index (κ1) is 34.5. The first-order valence-corrected chi connectivity index (χ1v) is 14.7. The summed E-state index contributed by atoms with van der Waals surface area (Å²) in [5.74, 6) is 0.00854. The summed E-state index contributed by atoms with van der Waals surface area (Å²) in [4.78, 5) is 12.7. The van der Waals surface area contributed by atoms with E-state index in [4.69, 9.17) is 4.74 Å². The summed E-state index contributed by atoms with van der Waals surface area (Å²) in [6.07, 6.45) is 18.4. The van der Waals surface area contributed by atoms with Crippen LogP contribution in [0.15, 0.2) is 12.1 Å². The van der Waals surface area contributed by atoms with Gasteiger partial charge in [-0.25, -0.2) is 4.79 Å². The minimum Gasteiger partial charge on any atom is -0.507 e. The molecule has 0 saturated carbocycles. The molecule has 0 aliphatic carbocycles. The maximum atomic E-state index is 12.7. The van der Waals surface area contributed by atoms with Crippen LogP contribution in [0.25, 0.3) is 0 Å². The number of ether oxygens (including phenoxy) is 1. The van der Waals surface area contributed by atoms with E-state index in [9.17, 15) is 9.90 Å². The topological polar surface area (TPSA) is 46.5 Å². The molecule has 3 heteroatoms. The molecule has 1 aromatic rings. The summed E-state index contributed by atoms with van der Waals surface area (Å²) in [5, 5.41) is 10.8. The maximum absolute atomic E-state index is 12.7. The zero-order chi connectivity index (χ0) is 27.6. The molecule has 1 radical (unpaired) electrons. The SMILES string of the molecule is CCCCCCCCCCCCCCCCOC(=O)c1cc(C(C)(C)C)c(O)c(C(C)(C)C)c1.[CH2]C. The second-order valence-corrected chi connectivity index (χ2v) is 12.2. The van der Waals surface area contributed by atoms with Crippen LogP contribution in [-0.4, -0.2) is 17.7 Å². The molecule has 0 spiro atoms. The van der Waals surface area contributed by atoms with Crippen LogP contribution in [0.4, 0.5) is 0 Å². The quantitative estimate of drug-likeness (QED) is 0.180. The van der Waals surface area contributed by atoms with Crippen LogP contribution in [0.2, 0.25) is 0 Å². The smallest absolute Gasteiger partial charge is 0.338 e. The van der Waals surface area contributed by atoms with Crippen molar-refractivity contribution in [2.24, 2.45) is 0 Å². The zero-order valence-electron chi connectivity index (χ0n) is 25.2. The Bertz CT molecular complexity index is 672. The monoisotopic (exact) mass is 503 g/mol. The fourth-order valence-electron chi connectivity index (χ4n) is 4.44. The first-order chi connectivity index (χ1) is 17.0. The van der Waals surface area contributed by atoms with Crippen molar-refractivity contribution in [2.45, 2.75) is 156 Å². The molecule has 0 aromatic heterocycles. The predicted octanol–water partition coefficient (Wildman–Crippen LogP) is 10.5. The molecule has 36 heavy (non-hydrogen) atoms. The van der Waals surface area contributed by atoms with Crippen molar-refractivity contribution in [2.75, 3.05) is 6.61 Å². The Balaban J connectivity index is 0.00000596. The largest absolute Gasteiger partial charge is 0.507 e. The molecule has 0 aliphatic rings. The highest BCUT2D eigenvalue weighted by atomic mass is 16.5.